The third-order valence-electron chi connectivity index (χ3n) is 7.91. The molecule has 3 aromatic rings. The van der Waals surface area contributed by atoms with Crippen LogP contribution < -0.4 is 15.1 Å². The van der Waals surface area contributed by atoms with Crippen LogP contribution in [0.15, 0.2) is 60.7 Å². The molecule has 5 nitrogen and oxygen atoms in total. The van der Waals surface area contributed by atoms with Crippen LogP contribution in [-0.2, 0) is 10.2 Å². The molecule has 37 heavy (non-hydrogen) atoms. The van der Waals surface area contributed by atoms with E-state index in [0.29, 0.717) is 12.2 Å². The standard InChI is InChI=1S/C32H39N3O2/c1-6-37-31(36)25-11-12-28-27(20-25)32(4,5)21-29(33-28)24-8-7-9-26(19-24)34-14-16-35(17-15-34)30-13-10-22(2)18-23(30)3/h7-13,18-20,29,33H,6,14-17,21H2,1-5H3. The molecule has 5 rings (SSSR count). The first-order valence-electron chi connectivity index (χ1n) is 13.5. The normalized spacial score (nSPS) is 18.7. The number of nitrogens with zero attached hydrogens (tertiary/aromatic N) is 2. The highest BCUT2D eigenvalue weighted by molar-refractivity contribution is 5.90. The Balaban J connectivity index is 1.31. The van der Waals surface area contributed by atoms with Crippen LogP contribution in [0.5, 0.6) is 0 Å². The molecule has 2 aliphatic rings. The first kappa shape index (κ1) is 25.2. The fourth-order valence-corrected chi connectivity index (χ4v) is 5.94. The number of hydrogen-bond donors (Lipinski definition) is 1. The van der Waals surface area contributed by atoms with Gasteiger partial charge >= 0.3 is 5.97 Å². The van der Waals surface area contributed by atoms with Crippen LogP contribution in [0.3, 0.4) is 0 Å². The molecule has 0 spiro atoms. The summed E-state index contributed by atoms with van der Waals surface area (Å²) in [5.41, 5.74) is 9.46. The fraction of sp³-hybridized carbons (Fsp3) is 0.406. The number of benzene rings is 3. The lowest BCUT2D eigenvalue weighted by Gasteiger charge is -2.40. The van der Waals surface area contributed by atoms with E-state index < -0.39 is 0 Å². The monoisotopic (exact) mass is 497 g/mol. The van der Waals surface area contributed by atoms with Gasteiger partial charge in [-0.3, -0.25) is 0 Å². The van der Waals surface area contributed by atoms with Crippen molar-refractivity contribution in [3.63, 3.8) is 0 Å². The van der Waals surface area contributed by atoms with Crippen molar-refractivity contribution in [2.45, 2.75) is 52.5 Å². The minimum Gasteiger partial charge on any atom is -0.462 e. The molecule has 1 fully saturated rings. The number of rotatable bonds is 5. The average Bonchev–Trinajstić information content (AvgIpc) is 2.88. The predicted octanol–water partition coefficient (Wildman–Crippen LogP) is 6.64. The van der Waals surface area contributed by atoms with E-state index in [9.17, 15) is 4.79 Å². The molecule has 2 aliphatic heterocycles. The molecule has 1 unspecified atom stereocenters. The van der Waals surface area contributed by atoms with Crippen LogP contribution in [0.1, 0.15) is 65.8 Å². The Labute approximate surface area is 221 Å². The highest BCUT2D eigenvalue weighted by Crippen LogP contribution is 2.44. The lowest BCUT2D eigenvalue weighted by molar-refractivity contribution is 0.0526. The number of piperazine rings is 1. The minimum absolute atomic E-state index is 0.0682. The van der Waals surface area contributed by atoms with Crippen LogP contribution in [0.25, 0.3) is 0 Å². The summed E-state index contributed by atoms with van der Waals surface area (Å²) in [7, 11) is 0. The van der Waals surface area contributed by atoms with Gasteiger partial charge < -0.3 is 19.9 Å². The van der Waals surface area contributed by atoms with Crippen molar-refractivity contribution in [2.75, 3.05) is 47.9 Å². The van der Waals surface area contributed by atoms with Crippen LogP contribution in [0, 0.1) is 13.8 Å². The summed E-state index contributed by atoms with van der Waals surface area (Å²) >= 11 is 0. The van der Waals surface area contributed by atoms with Crippen molar-refractivity contribution in [3.8, 4) is 0 Å². The molecule has 194 valence electrons. The number of esters is 1. The molecule has 1 saturated heterocycles. The molecule has 0 bridgehead atoms. The Hall–Kier alpha value is -3.47. The maximum Gasteiger partial charge on any atom is 0.338 e. The van der Waals surface area contributed by atoms with Gasteiger partial charge in [0.1, 0.15) is 0 Å². The molecule has 0 amide bonds. The quantitative estimate of drug-likeness (QED) is 0.400. The zero-order valence-electron chi connectivity index (χ0n) is 22.8. The summed E-state index contributed by atoms with van der Waals surface area (Å²) in [6, 6.07) is 21.9. The number of hydrogen-bond acceptors (Lipinski definition) is 5. The molecule has 3 aromatic carbocycles. The summed E-state index contributed by atoms with van der Waals surface area (Å²) in [6.45, 7) is 15.2. The molecular weight excluding hydrogens is 458 g/mol. The van der Waals surface area contributed by atoms with Crippen LogP contribution >= 0.6 is 0 Å². The zero-order chi connectivity index (χ0) is 26.2. The molecule has 1 N–H and O–H groups in total. The molecule has 2 heterocycles. The van der Waals surface area contributed by atoms with Gasteiger partial charge in [-0.05, 0) is 85.7 Å². The SMILES string of the molecule is CCOC(=O)c1ccc2c(c1)C(C)(C)CC(c1cccc(N3CCN(c4ccc(C)cc4C)CC3)c1)N2. The van der Waals surface area contributed by atoms with Crippen molar-refractivity contribution in [3.05, 3.63) is 88.5 Å². The van der Waals surface area contributed by atoms with Gasteiger partial charge in [-0.1, -0.05) is 43.7 Å². The van der Waals surface area contributed by atoms with E-state index in [2.05, 4.69) is 85.3 Å². The minimum atomic E-state index is -0.256. The molecule has 0 aliphatic carbocycles. The van der Waals surface area contributed by atoms with Gasteiger partial charge in [0.15, 0.2) is 0 Å². The number of carbonyl (C=O) groups is 1. The van der Waals surface area contributed by atoms with Gasteiger partial charge in [0.2, 0.25) is 0 Å². The second-order valence-corrected chi connectivity index (χ2v) is 11.1. The number of ether oxygens (including phenoxy) is 1. The van der Waals surface area contributed by atoms with Gasteiger partial charge in [0.05, 0.1) is 18.2 Å². The zero-order valence-corrected chi connectivity index (χ0v) is 22.8. The third-order valence-corrected chi connectivity index (χ3v) is 7.91. The van der Waals surface area contributed by atoms with E-state index in [4.69, 9.17) is 4.74 Å². The summed E-state index contributed by atoms with van der Waals surface area (Å²) in [5, 5.41) is 3.76. The maximum atomic E-state index is 12.3. The second kappa shape index (κ2) is 10.1. The van der Waals surface area contributed by atoms with Crippen LogP contribution in [-0.4, -0.2) is 38.8 Å². The van der Waals surface area contributed by atoms with Gasteiger partial charge in [0, 0.05) is 43.2 Å². The average molecular weight is 498 g/mol. The van der Waals surface area contributed by atoms with Gasteiger partial charge in [-0.25, -0.2) is 4.79 Å². The predicted molar refractivity (Wildman–Crippen MR) is 153 cm³/mol. The van der Waals surface area contributed by atoms with Gasteiger partial charge in [-0.2, -0.15) is 0 Å². The van der Waals surface area contributed by atoms with Crippen molar-refractivity contribution in [1.82, 2.24) is 0 Å². The first-order chi connectivity index (χ1) is 17.7. The van der Waals surface area contributed by atoms with Crippen molar-refractivity contribution >= 4 is 23.0 Å². The number of nitrogens with one attached hydrogen (secondary N) is 1. The van der Waals surface area contributed by atoms with E-state index in [-0.39, 0.29) is 17.4 Å². The molecule has 0 aromatic heterocycles. The lowest BCUT2D eigenvalue weighted by Crippen LogP contribution is -2.46. The van der Waals surface area contributed by atoms with Crippen molar-refractivity contribution in [2.24, 2.45) is 0 Å². The maximum absolute atomic E-state index is 12.3. The van der Waals surface area contributed by atoms with Gasteiger partial charge in [0.25, 0.3) is 0 Å². The smallest absolute Gasteiger partial charge is 0.338 e. The molecular formula is C32H39N3O2. The Morgan fingerprint density at radius 3 is 2.46 bits per heavy atom. The molecule has 0 radical (unpaired) electrons. The first-order valence-corrected chi connectivity index (χ1v) is 13.5. The van der Waals surface area contributed by atoms with E-state index in [1.807, 2.05) is 25.1 Å². The summed E-state index contributed by atoms with van der Waals surface area (Å²) in [4.78, 5) is 17.3. The fourth-order valence-electron chi connectivity index (χ4n) is 5.94. The Bertz CT molecular complexity index is 1290. The highest BCUT2D eigenvalue weighted by atomic mass is 16.5. The number of fused-ring (bicyclic) bond motifs is 1. The summed E-state index contributed by atoms with van der Waals surface area (Å²) < 4.78 is 5.22. The van der Waals surface area contributed by atoms with E-state index >= 15 is 0 Å². The Morgan fingerprint density at radius 1 is 0.973 bits per heavy atom. The Kier molecular flexibility index (Phi) is 6.89. The van der Waals surface area contributed by atoms with Crippen LogP contribution in [0.2, 0.25) is 0 Å². The van der Waals surface area contributed by atoms with Crippen molar-refractivity contribution < 1.29 is 9.53 Å². The topological polar surface area (TPSA) is 44.8 Å². The number of aryl methyl sites for hydroxylation is 2. The molecule has 0 saturated carbocycles. The van der Waals surface area contributed by atoms with E-state index in [1.54, 1.807) is 0 Å². The number of carbonyl (C=O) groups excluding carboxylic acids is 1. The van der Waals surface area contributed by atoms with E-state index in [0.717, 1.165) is 38.3 Å². The molecule has 1 atom stereocenters. The lowest BCUT2D eigenvalue weighted by atomic mass is 9.73. The molecule has 5 heteroatoms. The second-order valence-electron chi connectivity index (χ2n) is 11.1. The Morgan fingerprint density at radius 2 is 1.73 bits per heavy atom. The highest BCUT2D eigenvalue weighted by Gasteiger charge is 2.34. The summed E-state index contributed by atoms with van der Waals surface area (Å²) in [6.07, 6.45) is 0.955. The van der Waals surface area contributed by atoms with Crippen molar-refractivity contribution in [1.29, 1.82) is 0 Å². The van der Waals surface area contributed by atoms with Crippen LogP contribution in [0.4, 0.5) is 17.1 Å². The largest absolute Gasteiger partial charge is 0.462 e. The summed E-state index contributed by atoms with van der Waals surface area (Å²) in [5.74, 6) is -0.256. The third kappa shape index (κ3) is 5.18. The van der Waals surface area contributed by atoms with Gasteiger partial charge in [-0.15, -0.1) is 0 Å². The van der Waals surface area contributed by atoms with E-state index in [1.165, 1.54) is 33.6 Å². The number of anilines is 3.